The first kappa shape index (κ1) is 14.4. The van der Waals surface area contributed by atoms with Gasteiger partial charge in [-0.25, -0.2) is 8.78 Å². The zero-order valence-electron chi connectivity index (χ0n) is 11.2. The monoisotopic (exact) mass is 268 g/mol. The Kier molecular flexibility index (Phi) is 5.28. The van der Waals surface area contributed by atoms with Gasteiger partial charge in [0.1, 0.15) is 11.6 Å². The van der Waals surface area contributed by atoms with Gasteiger partial charge in [0.05, 0.1) is 0 Å². The fourth-order valence-corrected chi connectivity index (χ4v) is 2.82. The summed E-state index contributed by atoms with van der Waals surface area (Å²) in [4.78, 5) is 2.30. The lowest BCUT2D eigenvalue weighted by Gasteiger charge is -2.29. The molecule has 0 aliphatic heterocycles. The van der Waals surface area contributed by atoms with Gasteiger partial charge in [-0.2, -0.15) is 0 Å². The SMILES string of the molecule is NCCCN(Cc1ccc(F)cc1F)C1CCCC1. The van der Waals surface area contributed by atoms with Crippen LogP contribution in [0.3, 0.4) is 0 Å². The predicted molar refractivity (Wildman–Crippen MR) is 72.7 cm³/mol. The average molecular weight is 268 g/mol. The lowest BCUT2D eigenvalue weighted by molar-refractivity contribution is 0.186. The van der Waals surface area contributed by atoms with Crippen LogP contribution < -0.4 is 5.73 Å². The molecule has 2 N–H and O–H groups in total. The van der Waals surface area contributed by atoms with E-state index >= 15 is 0 Å². The van der Waals surface area contributed by atoms with E-state index in [2.05, 4.69) is 4.90 Å². The maximum absolute atomic E-state index is 13.7. The molecule has 19 heavy (non-hydrogen) atoms. The maximum Gasteiger partial charge on any atom is 0.130 e. The third-order valence-electron chi connectivity index (χ3n) is 3.88. The normalized spacial score (nSPS) is 16.4. The molecule has 0 spiro atoms. The lowest BCUT2D eigenvalue weighted by Crippen LogP contribution is -2.34. The largest absolute Gasteiger partial charge is 0.330 e. The third-order valence-corrected chi connectivity index (χ3v) is 3.88. The molecule has 1 aliphatic carbocycles. The van der Waals surface area contributed by atoms with Gasteiger partial charge in [0.2, 0.25) is 0 Å². The fourth-order valence-electron chi connectivity index (χ4n) is 2.82. The molecule has 0 heterocycles. The van der Waals surface area contributed by atoms with E-state index in [-0.39, 0.29) is 0 Å². The van der Waals surface area contributed by atoms with Gasteiger partial charge >= 0.3 is 0 Å². The van der Waals surface area contributed by atoms with E-state index in [1.165, 1.54) is 31.7 Å². The van der Waals surface area contributed by atoms with E-state index in [0.29, 0.717) is 24.7 Å². The number of hydrogen-bond acceptors (Lipinski definition) is 2. The van der Waals surface area contributed by atoms with Crippen molar-refractivity contribution in [1.29, 1.82) is 0 Å². The molecule has 1 fully saturated rings. The number of hydrogen-bond donors (Lipinski definition) is 1. The van der Waals surface area contributed by atoms with Gasteiger partial charge in [-0.05, 0) is 38.4 Å². The van der Waals surface area contributed by atoms with Gasteiger partial charge in [0.15, 0.2) is 0 Å². The maximum atomic E-state index is 13.7. The summed E-state index contributed by atoms with van der Waals surface area (Å²) < 4.78 is 26.6. The zero-order valence-corrected chi connectivity index (χ0v) is 11.2. The first-order valence-corrected chi connectivity index (χ1v) is 7.08. The molecule has 0 aromatic heterocycles. The van der Waals surface area contributed by atoms with Crippen LogP contribution in [0.2, 0.25) is 0 Å². The molecule has 0 saturated heterocycles. The van der Waals surface area contributed by atoms with Crippen LogP contribution in [0.15, 0.2) is 18.2 Å². The summed E-state index contributed by atoms with van der Waals surface area (Å²) >= 11 is 0. The van der Waals surface area contributed by atoms with E-state index in [1.54, 1.807) is 6.07 Å². The van der Waals surface area contributed by atoms with Crippen molar-refractivity contribution in [3.63, 3.8) is 0 Å². The Hall–Kier alpha value is -1.00. The van der Waals surface area contributed by atoms with Gasteiger partial charge in [-0.15, -0.1) is 0 Å². The third kappa shape index (κ3) is 3.98. The van der Waals surface area contributed by atoms with Crippen molar-refractivity contribution in [3.05, 3.63) is 35.4 Å². The van der Waals surface area contributed by atoms with Crippen LogP contribution in [0.4, 0.5) is 8.78 Å². The second-order valence-electron chi connectivity index (χ2n) is 5.29. The minimum Gasteiger partial charge on any atom is -0.330 e. The molecule has 1 saturated carbocycles. The van der Waals surface area contributed by atoms with Crippen molar-refractivity contribution in [3.8, 4) is 0 Å². The predicted octanol–water partition coefficient (Wildman–Crippen LogP) is 3.06. The first-order valence-electron chi connectivity index (χ1n) is 7.08. The van der Waals surface area contributed by atoms with Gasteiger partial charge in [0.25, 0.3) is 0 Å². The zero-order chi connectivity index (χ0) is 13.7. The molecular weight excluding hydrogens is 246 g/mol. The Morgan fingerprint density at radius 3 is 2.58 bits per heavy atom. The molecule has 4 heteroatoms. The Bertz CT molecular complexity index is 403. The van der Waals surface area contributed by atoms with Crippen LogP contribution in [-0.2, 0) is 6.54 Å². The summed E-state index contributed by atoms with van der Waals surface area (Å²) in [5, 5.41) is 0. The van der Waals surface area contributed by atoms with Crippen LogP contribution in [0.5, 0.6) is 0 Å². The molecule has 106 valence electrons. The van der Waals surface area contributed by atoms with Crippen molar-refractivity contribution in [1.82, 2.24) is 4.90 Å². The Morgan fingerprint density at radius 2 is 1.95 bits per heavy atom. The van der Waals surface area contributed by atoms with Gasteiger partial charge in [-0.1, -0.05) is 18.9 Å². The van der Waals surface area contributed by atoms with E-state index in [4.69, 9.17) is 5.73 Å². The summed E-state index contributed by atoms with van der Waals surface area (Å²) in [5.41, 5.74) is 6.14. The fraction of sp³-hybridized carbons (Fsp3) is 0.600. The second kappa shape index (κ2) is 6.96. The minimum absolute atomic E-state index is 0.448. The highest BCUT2D eigenvalue weighted by molar-refractivity contribution is 5.18. The summed E-state index contributed by atoms with van der Waals surface area (Å²) in [6.45, 7) is 2.09. The summed E-state index contributed by atoms with van der Waals surface area (Å²) in [7, 11) is 0. The molecule has 1 aromatic carbocycles. The van der Waals surface area contributed by atoms with Crippen molar-refractivity contribution in [2.75, 3.05) is 13.1 Å². The molecular formula is C15H22F2N2. The Labute approximate surface area is 113 Å². The molecule has 0 amide bonds. The van der Waals surface area contributed by atoms with E-state index in [9.17, 15) is 8.78 Å². The second-order valence-corrected chi connectivity index (χ2v) is 5.29. The molecule has 0 bridgehead atoms. The van der Waals surface area contributed by atoms with Crippen molar-refractivity contribution in [2.24, 2.45) is 5.73 Å². The van der Waals surface area contributed by atoms with Gasteiger partial charge in [0, 0.05) is 24.2 Å². The number of benzene rings is 1. The summed E-state index contributed by atoms with van der Waals surface area (Å²) in [5.74, 6) is -0.966. The topological polar surface area (TPSA) is 29.3 Å². The highest BCUT2D eigenvalue weighted by Gasteiger charge is 2.23. The molecule has 2 rings (SSSR count). The molecule has 0 unspecified atom stereocenters. The van der Waals surface area contributed by atoms with Gasteiger partial charge < -0.3 is 5.73 Å². The average Bonchev–Trinajstić information content (AvgIpc) is 2.90. The van der Waals surface area contributed by atoms with E-state index in [1.807, 2.05) is 0 Å². The highest BCUT2D eigenvalue weighted by Crippen LogP contribution is 2.25. The van der Waals surface area contributed by atoms with Crippen molar-refractivity contribution in [2.45, 2.75) is 44.7 Å². The smallest absolute Gasteiger partial charge is 0.130 e. The van der Waals surface area contributed by atoms with Crippen LogP contribution in [0, 0.1) is 11.6 Å². The highest BCUT2D eigenvalue weighted by atomic mass is 19.1. The standard InChI is InChI=1S/C15H22F2N2/c16-13-7-6-12(15(17)10-13)11-19(9-3-8-18)14-4-1-2-5-14/h6-7,10,14H,1-5,8-9,11,18H2. The van der Waals surface area contributed by atoms with Crippen molar-refractivity contribution < 1.29 is 8.78 Å². The van der Waals surface area contributed by atoms with Crippen LogP contribution in [0.25, 0.3) is 0 Å². The Morgan fingerprint density at radius 1 is 1.21 bits per heavy atom. The number of halogens is 2. The Balaban J connectivity index is 2.05. The molecule has 1 aromatic rings. The quantitative estimate of drug-likeness (QED) is 0.859. The summed E-state index contributed by atoms with van der Waals surface area (Å²) in [6.07, 6.45) is 5.76. The molecule has 2 nitrogen and oxygen atoms in total. The molecule has 1 aliphatic rings. The molecule has 0 radical (unpaired) electrons. The number of nitrogens with zero attached hydrogens (tertiary/aromatic N) is 1. The number of nitrogens with two attached hydrogens (primary N) is 1. The first-order chi connectivity index (χ1) is 9.20. The van der Waals surface area contributed by atoms with Crippen LogP contribution >= 0.6 is 0 Å². The lowest BCUT2D eigenvalue weighted by atomic mass is 10.1. The van der Waals surface area contributed by atoms with E-state index < -0.39 is 11.6 Å². The van der Waals surface area contributed by atoms with Crippen molar-refractivity contribution >= 4 is 0 Å². The summed E-state index contributed by atoms with van der Waals surface area (Å²) in [6, 6.07) is 4.37. The minimum atomic E-state index is -0.518. The number of rotatable bonds is 6. The molecule has 0 atom stereocenters. The van der Waals surface area contributed by atoms with Gasteiger partial charge in [-0.3, -0.25) is 4.90 Å². The van der Waals surface area contributed by atoms with Crippen LogP contribution in [-0.4, -0.2) is 24.0 Å². The van der Waals surface area contributed by atoms with Crippen LogP contribution in [0.1, 0.15) is 37.7 Å². The van der Waals surface area contributed by atoms with E-state index in [0.717, 1.165) is 19.0 Å².